The fourth-order valence-electron chi connectivity index (χ4n) is 6.24. The molecular formula is C28H36Cl3N7O7. The van der Waals surface area contributed by atoms with Gasteiger partial charge in [0, 0.05) is 18.7 Å². The van der Waals surface area contributed by atoms with E-state index in [-0.39, 0.29) is 31.1 Å². The molecule has 0 saturated carbocycles. The molecule has 0 radical (unpaired) electrons. The summed E-state index contributed by atoms with van der Waals surface area (Å²) >= 11 is 17.2. The molecule has 4 heterocycles. The highest BCUT2D eigenvalue weighted by atomic mass is 35.6. The van der Waals surface area contributed by atoms with Crippen LogP contribution in [0.15, 0.2) is 35.6 Å². The summed E-state index contributed by atoms with van der Waals surface area (Å²) in [6, 6.07) is 3.11. The number of fused-ring (bicyclic) bond motifs is 1. The molecule has 3 amide bonds. The quantitative estimate of drug-likeness (QED) is 0.242. The first-order valence-corrected chi connectivity index (χ1v) is 15.5. The summed E-state index contributed by atoms with van der Waals surface area (Å²) < 4.78 is 14.1. The van der Waals surface area contributed by atoms with E-state index in [1.165, 1.54) is 0 Å². The number of rotatable bonds is 6. The van der Waals surface area contributed by atoms with Gasteiger partial charge in [-0.1, -0.05) is 67.4 Å². The maximum Gasteiger partial charge on any atom is 0.414 e. The number of alkyl halides is 3. The Kier molecular flexibility index (Phi) is 9.15. The number of aliphatic hydroxyl groups is 1. The number of ether oxygens (including phenoxy) is 3. The molecule has 1 aromatic carbocycles. The van der Waals surface area contributed by atoms with Crippen molar-refractivity contribution in [2.45, 2.75) is 66.3 Å². The third-order valence-corrected chi connectivity index (χ3v) is 8.66. The van der Waals surface area contributed by atoms with Crippen molar-refractivity contribution in [1.29, 1.82) is 0 Å². The number of aliphatic hydroxyl groups excluding tert-OH is 1. The van der Waals surface area contributed by atoms with Gasteiger partial charge in [0.1, 0.15) is 18.5 Å². The van der Waals surface area contributed by atoms with Crippen LogP contribution < -0.4 is 31.3 Å². The maximum absolute atomic E-state index is 13.7. The van der Waals surface area contributed by atoms with Gasteiger partial charge in [0.15, 0.2) is 5.66 Å². The second-order valence-electron chi connectivity index (χ2n) is 11.8. The zero-order valence-corrected chi connectivity index (χ0v) is 27.2. The third kappa shape index (κ3) is 6.51. The smallest absolute Gasteiger partial charge is 0.414 e. The Bertz CT molecular complexity index is 1400. The molecule has 14 nitrogen and oxygen atoms in total. The Morgan fingerprint density at radius 2 is 2.00 bits per heavy atom. The number of benzene rings is 1. The van der Waals surface area contributed by atoms with E-state index < -0.39 is 58.4 Å². The molecule has 2 fully saturated rings. The van der Waals surface area contributed by atoms with Crippen LogP contribution in [0, 0.1) is 0 Å². The monoisotopic (exact) mass is 687 g/mol. The molecule has 5 atom stereocenters. The molecule has 1 aromatic rings. The van der Waals surface area contributed by atoms with Crippen LogP contribution in [0.2, 0.25) is 0 Å². The zero-order valence-electron chi connectivity index (χ0n) is 24.9. The van der Waals surface area contributed by atoms with Crippen molar-refractivity contribution in [3.05, 3.63) is 41.7 Å². The lowest BCUT2D eigenvalue weighted by molar-refractivity contribution is 0.0112. The highest BCUT2D eigenvalue weighted by Crippen LogP contribution is 2.42. The lowest BCUT2D eigenvalue weighted by Crippen LogP contribution is -2.74. The van der Waals surface area contributed by atoms with Crippen LogP contribution in [0.5, 0.6) is 5.75 Å². The average Bonchev–Trinajstić information content (AvgIpc) is 3.45. The summed E-state index contributed by atoms with van der Waals surface area (Å²) in [5, 5.41) is 26.5. The van der Waals surface area contributed by atoms with Gasteiger partial charge < -0.3 is 45.5 Å². The molecule has 5 rings (SSSR count). The second kappa shape index (κ2) is 12.5. The zero-order chi connectivity index (χ0) is 32.7. The number of aliphatic imine (C=N–C) groups is 1. The number of guanidine groups is 1. The molecule has 4 aliphatic heterocycles. The predicted octanol–water partition coefficient (Wildman–Crippen LogP) is 1.83. The predicted molar refractivity (Wildman–Crippen MR) is 166 cm³/mol. The number of alkyl carbamates (subject to hydrolysis) is 2. The van der Waals surface area contributed by atoms with Crippen LogP contribution in [-0.4, -0.2) is 101 Å². The minimum atomic E-state index is -1.85. The lowest BCUT2D eigenvalue weighted by atomic mass is 9.79. The Balaban J connectivity index is 1.44. The summed E-state index contributed by atoms with van der Waals surface area (Å²) in [7, 11) is 0. The molecule has 0 unspecified atom stereocenters. The van der Waals surface area contributed by atoms with Gasteiger partial charge in [-0.15, -0.1) is 0 Å². The van der Waals surface area contributed by atoms with Gasteiger partial charge in [-0.25, -0.2) is 14.6 Å². The van der Waals surface area contributed by atoms with E-state index in [1.54, 1.807) is 24.0 Å². The number of nitrogens with zero attached hydrogens (tertiary/aromatic N) is 2. The lowest BCUT2D eigenvalue weighted by Gasteiger charge is -2.47. The fraction of sp³-hybridized carbons (Fsp3) is 0.571. The van der Waals surface area contributed by atoms with Crippen LogP contribution in [0.1, 0.15) is 43.1 Å². The summed E-state index contributed by atoms with van der Waals surface area (Å²) in [4.78, 5) is 44.9. The van der Waals surface area contributed by atoms with Crippen LogP contribution in [-0.2, 0) is 14.9 Å². The average molecular weight is 689 g/mol. The molecule has 2 saturated heterocycles. The Morgan fingerprint density at radius 1 is 1.24 bits per heavy atom. The first-order chi connectivity index (χ1) is 21.2. The van der Waals surface area contributed by atoms with E-state index in [2.05, 4.69) is 52.0 Å². The van der Waals surface area contributed by atoms with Gasteiger partial charge in [0.25, 0.3) is 5.91 Å². The van der Waals surface area contributed by atoms with Crippen molar-refractivity contribution in [2.24, 2.45) is 4.99 Å². The molecule has 0 aliphatic carbocycles. The van der Waals surface area contributed by atoms with Crippen molar-refractivity contribution < 1.29 is 33.7 Å². The molecule has 4 aliphatic rings. The van der Waals surface area contributed by atoms with E-state index in [0.717, 1.165) is 12.0 Å². The molecule has 17 heteroatoms. The largest absolute Gasteiger partial charge is 0.492 e. The van der Waals surface area contributed by atoms with E-state index in [9.17, 15) is 19.5 Å². The van der Waals surface area contributed by atoms with E-state index in [0.29, 0.717) is 23.7 Å². The SMILES string of the molecule is C=C1N[C@H]2[C@H](CNC(=O)OCC)N=C(NC(=O)OCC(Cl)(Cl)Cl)N3C[C@H](NC(=O)c4cccc5c4OCCC5(C)C)[C@H](O)[C@]23N1. The van der Waals surface area contributed by atoms with Crippen LogP contribution in [0.4, 0.5) is 9.59 Å². The summed E-state index contributed by atoms with van der Waals surface area (Å²) in [5.74, 6) is 0.408. The number of amides is 3. The van der Waals surface area contributed by atoms with Crippen molar-refractivity contribution in [1.82, 2.24) is 31.5 Å². The molecule has 0 bridgehead atoms. The minimum absolute atomic E-state index is 0.00827. The number of halogens is 3. The Morgan fingerprint density at radius 3 is 2.71 bits per heavy atom. The van der Waals surface area contributed by atoms with Crippen LogP contribution in [0.25, 0.3) is 0 Å². The van der Waals surface area contributed by atoms with Gasteiger partial charge in [0.05, 0.1) is 42.7 Å². The summed E-state index contributed by atoms with van der Waals surface area (Å²) in [5.41, 5.74) is -0.291. The molecule has 45 heavy (non-hydrogen) atoms. The summed E-state index contributed by atoms with van der Waals surface area (Å²) in [6.07, 6.45) is -2.11. The highest BCUT2D eigenvalue weighted by molar-refractivity contribution is 6.67. The number of carbonyl (C=O) groups is 3. The molecule has 1 spiro atoms. The van der Waals surface area contributed by atoms with Crippen molar-refractivity contribution in [3.63, 3.8) is 0 Å². The first-order valence-electron chi connectivity index (χ1n) is 14.4. The number of nitrogens with one attached hydrogen (secondary N) is 5. The first kappa shape index (κ1) is 33.0. The fourth-order valence-corrected chi connectivity index (χ4v) is 6.40. The van der Waals surface area contributed by atoms with Gasteiger partial charge in [-0.3, -0.25) is 10.1 Å². The number of para-hydroxylation sites is 1. The molecule has 0 aromatic heterocycles. The highest BCUT2D eigenvalue weighted by Gasteiger charge is 2.66. The summed E-state index contributed by atoms with van der Waals surface area (Å²) in [6.45, 7) is 9.89. The van der Waals surface area contributed by atoms with Crippen molar-refractivity contribution >= 4 is 58.9 Å². The van der Waals surface area contributed by atoms with Crippen molar-refractivity contribution in [3.8, 4) is 5.75 Å². The number of hydrogen-bond donors (Lipinski definition) is 6. The molecular weight excluding hydrogens is 653 g/mol. The molecule has 246 valence electrons. The number of carbonyl (C=O) groups excluding carboxylic acids is 3. The van der Waals surface area contributed by atoms with E-state index in [1.807, 2.05) is 6.07 Å². The van der Waals surface area contributed by atoms with Gasteiger partial charge in [-0.2, -0.15) is 0 Å². The third-order valence-electron chi connectivity index (χ3n) is 8.33. The van der Waals surface area contributed by atoms with Crippen LogP contribution in [0.3, 0.4) is 0 Å². The van der Waals surface area contributed by atoms with Gasteiger partial charge in [0.2, 0.25) is 9.75 Å². The second-order valence-corrected chi connectivity index (χ2v) is 14.3. The number of hydrogen-bond acceptors (Lipinski definition) is 11. The van der Waals surface area contributed by atoms with Gasteiger partial charge >= 0.3 is 12.2 Å². The maximum atomic E-state index is 13.7. The normalized spacial score (nSPS) is 27.8. The Labute approximate surface area is 275 Å². The van der Waals surface area contributed by atoms with E-state index in [4.69, 9.17) is 49.0 Å². The standard InChI is InChI=1S/C28H36Cl3N7O7/c1-5-43-24(41)32-11-17-20-28(37-14(2)33-20)21(39)18(12-38(28)23(35-17)36-25(42)45-13-27(29,30)31)34-22(40)15-7-6-8-16-19(15)44-10-9-26(16,3)4/h6-8,17-18,20-21,33,37,39H,2,5,9-13H2,1,3-4H3,(H,32,41)(H,34,40)(H,35,36,42)/t17-,18-,20-,21-,28-/m0/s1. The Hall–Kier alpha value is -3.33. The van der Waals surface area contributed by atoms with E-state index >= 15 is 0 Å². The molecule has 6 N–H and O–H groups in total. The van der Waals surface area contributed by atoms with Gasteiger partial charge in [-0.05, 0) is 24.8 Å². The van der Waals surface area contributed by atoms with Crippen LogP contribution >= 0.6 is 34.8 Å². The topological polar surface area (TPSA) is 175 Å². The minimum Gasteiger partial charge on any atom is -0.492 e. The van der Waals surface area contributed by atoms with Crippen molar-refractivity contribution in [2.75, 3.05) is 32.9 Å².